The molecule has 3 aliphatic rings. The number of carbonyl (C=O) groups excluding carboxylic acids is 1. The van der Waals surface area contributed by atoms with Gasteiger partial charge >= 0.3 is 0 Å². The maximum atomic E-state index is 14.3. The van der Waals surface area contributed by atoms with Crippen LogP contribution in [0.15, 0.2) is 35.6 Å². The number of rotatable bonds is 10. The number of ether oxygens (including phenoxy) is 2. The molecule has 1 saturated carbocycles. The molecule has 3 fully saturated rings. The first-order valence-electron chi connectivity index (χ1n) is 13.4. The highest BCUT2D eigenvalue weighted by atomic mass is 32.2. The van der Waals surface area contributed by atoms with Crippen molar-refractivity contribution >= 4 is 15.7 Å². The van der Waals surface area contributed by atoms with Gasteiger partial charge in [-0.25, -0.2) is 17.8 Å². The lowest BCUT2D eigenvalue weighted by Gasteiger charge is -2.28. The first-order valence-corrected chi connectivity index (χ1v) is 15.1. The van der Waals surface area contributed by atoms with Crippen molar-refractivity contribution in [1.82, 2.24) is 14.5 Å². The minimum atomic E-state index is -3.95. The van der Waals surface area contributed by atoms with Gasteiger partial charge in [-0.1, -0.05) is 31.0 Å². The van der Waals surface area contributed by atoms with Crippen LogP contribution in [-0.2, 0) is 42.9 Å². The average molecular weight is 534 g/mol. The summed E-state index contributed by atoms with van der Waals surface area (Å²) in [4.78, 5) is 19.7. The molecule has 0 spiro atoms. The summed E-state index contributed by atoms with van der Waals surface area (Å²) < 4.78 is 54.6. The highest BCUT2D eigenvalue weighted by molar-refractivity contribution is 7.90. The lowest BCUT2D eigenvalue weighted by molar-refractivity contribution is -0.137. The molecule has 0 N–H and O–H groups in total. The Labute approximate surface area is 218 Å². The number of halogens is 1. The second-order valence-corrected chi connectivity index (χ2v) is 12.3. The Morgan fingerprint density at radius 1 is 1.03 bits per heavy atom. The maximum Gasteiger partial charge on any atom is 0.228 e. The zero-order valence-corrected chi connectivity index (χ0v) is 22.0. The van der Waals surface area contributed by atoms with Gasteiger partial charge in [-0.3, -0.25) is 4.79 Å². The number of aromatic nitrogens is 2. The molecular weight excluding hydrogens is 497 g/mol. The largest absolute Gasteiger partial charge is 0.376 e. The van der Waals surface area contributed by atoms with Gasteiger partial charge in [-0.15, -0.1) is 0 Å². The van der Waals surface area contributed by atoms with Crippen LogP contribution in [0, 0.1) is 11.7 Å². The zero-order valence-electron chi connectivity index (χ0n) is 21.2. The van der Waals surface area contributed by atoms with Gasteiger partial charge in [0, 0.05) is 31.2 Å². The Balaban J connectivity index is 1.44. The molecule has 5 rings (SSSR count). The highest BCUT2D eigenvalue weighted by Crippen LogP contribution is 2.29. The van der Waals surface area contributed by atoms with Gasteiger partial charge in [0.2, 0.25) is 20.9 Å². The summed E-state index contributed by atoms with van der Waals surface area (Å²) in [7, 11) is -3.95. The van der Waals surface area contributed by atoms with Crippen LogP contribution in [-0.4, -0.2) is 60.7 Å². The third kappa shape index (κ3) is 6.23. The number of carbonyl (C=O) groups is 1. The number of benzene rings is 1. The summed E-state index contributed by atoms with van der Waals surface area (Å²) in [5, 5.41) is -0.105. The molecular formula is C27H36FN3O5S. The normalized spacial score (nSPS) is 22.6. The second kappa shape index (κ2) is 11.6. The van der Waals surface area contributed by atoms with Crippen LogP contribution in [0.3, 0.4) is 0 Å². The Kier molecular flexibility index (Phi) is 8.26. The van der Waals surface area contributed by atoms with Crippen molar-refractivity contribution < 1.29 is 27.1 Å². The molecule has 202 valence electrons. The van der Waals surface area contributed by atoms with Crippen LogP contribution in [0.5, 0.6) is 0 Å². The molecule has 0 unspecified atom stereocenters. The van der Waals surface area contributed by atoms with Crippen LogP contribution < -0.4 is 0 Å². The van der Waals surface area contributed by atoms with Crippen LogP contribution in [0.4, 0.5) is 4.39 Å². The summed E-state index contributed by atoms with van der Waals surface area (Å²) >= 11 is 0. The van der Waals surface area contributed by atoms with E-state index >= 15 is 0 Å². The van der Waals surface area contributed by atoms with Crippen molar-refractivity contribution in [3.05, 3.63) is 47.5 Å². The van der Waals surface area contributed by atoms with Crippen molar-refractivity contribution in [3.8, 4) is 0 Å². The third-order valence-electron chi connectivity index (χ3n) is 7.71. The predicted octanol–water partition coefficient (Wildman–Crippen LogP) is 3.87. The quantitative estimate of drug-likeness (QED) is 0.461. The Morgan fingerprint density at radius 2 is 1.73 bits per heavy atom. The highest BCUT2D eigenvalue weighted by Gasteiger charge is 2.33. The lowest BCUT2D eigenvalue weighted by atomic mass is 10.1. The van der Waals surface area contributed by atoms with Crippen molar-refractivity contribution in [1.29, 1.82) is 0 Å². The molecule has 1 aliphatic carbocycles. The molecule has 1 amide bonds. The zero-order chi connectivity index (χ0) is 25.8. The second-order valence-electron chi connectivity index (χ2n) is 10.5. The standard InChI is InChI=1S/C27H36FN3O5S/c28-25-12-4-3-9-21(25)19-37(33,34)27-29-15-22(31(27)18-24-11-6-14-36-24)16-30(17-23-10-5-13-35-23)26(32)20-7-1-2-8-20/h3-4,9,12,15,20,23-24H,1-2,5-8,10-11,13-14,16-19H2/t23-,24+/m1/s1. The monoisotopic (exact) mass is 533 g/mol. The lowest BCUT2D eigenvalue weighted by Crippen LogP contribution is -2.40. The summed E-state index contributed by atoms with van der Waals surface area (Å²) in [6.45, 7) is 2.40. The molecule has 2 saturated heterocycles. The van der Waals surface area contributed by atoms with Gasteiger partial charge < -0.3 is 18.9 Å². The van der Waals surface area contributed by atoms with E-state index in [1.165, 1.54) is 18.2 Å². The van der Waals surface area contributed by atoms with Gasteiger partial charge in [-0.05, 0) is 44.6 Å². The number of imidazole rings is 1. The first kappa shape index (κ1) is 26.3. The molecule has 0 bridgehead atoms. The topological polar surface area (TPSA) is 90.7 Å². The fourth-order valence-corrected chi connectivity index (χ4v) is 7.24. The smallest absolute Gasteiger partial charge is 0.228 e. The minimum absolute atomic E-state index is 0.000184. The Bertz CT molecular complexity index is 1180. The Hall–Kier alpha value is -2.30. The van der Waals surface area contributed by atoms with E-state index in [0.717, 1.165) is 51.4 Å². The molecule has 10 heteroatoms. The molecule has 2 aliphatic heterocycles. The van der Waals surface area contributed by atoms with Crippen molar-refractivity contribution in [2.45, 2.75) is 87.6 Å². The van der Waals surface area contributed by atoms with Gasteiger partial charge in [0.15, 0.2) is 0 Å². The number of nitrogens with zero attached hydrogens (tertiary/aromatic N) is 3. The maximum absolute atomic E-state index is 14.3. The average Bonchev–Trinajstić information content (AvgIpc) is 3.69. The van der Waals surface area contributed by atoms with E-state index in [9.17, 15) is 17.6 Å². The summed E-state index contributed by atoms with van der Waals surface area (Å²) in [6.07, 6.45) is 8.92. The van der Waals surface area contributed by atoms with E-state index in [1.54, 1.807) is 16.8 Å². The molecule has 3 heterocycles. The van der Waals surface area contributed by atoms with Gasteiger partial charge in [0.25, 0.3) is 0 Å². The van der Waals surface area contributed by atoms with E-state index < -0.39 is 21.4 Å². The number of hydrogen-bond donors (Lipinski definition) is 0. The van der Waals surface area contributed by atoms with Gasteiger partial charge in [0.05, 0.1) is 42.9 Å². The third-order valence-corrected chi connectivity index (χ3v) is 9.28. The molecule has 1 aromatic heterocycles. The van der Waals surface area contributed by atoms with Crippen LogP contribution in [0.2, 0.25) is 0 Å². The molecule has 2 aromatic rings. The van der Waals surface area contributed by atoms with Crippen LogP contribution >= 0.6 is 0 Å². The fraction of sp³-hybridized carbons (Fsp3) is 0.630. The molecule has 0 radical (unpaired) electrons. The van der Waals surface area contributed by atoms with Crippen molar-refractivity contribution in [2.24, 2.45) is 5.92 Å². The van der Waals surface area contributed by atoms with Crippen LogP contribution in [0.1, 0.15) is 62.6 Å². The number of sulfone groups is 1. The summed E-state index contributed by atoms with van der Waals surface area (Å²) in [6, 6.07) is 5.89. The minimum Gasteiger partial charge on any atom is -0.376 e. The first-order chi connectivity index (χ1) is 17.9. The fourth-order valence-electron chi connectivity index (χ4n) is 5.73. The van der Waals surface area contributed by atoms with E-state index in [1.807, 2.05) is 4.90 Å². The molecule has 37 heavy (non-hydrogen) atoms. The van der Waals surface area contributed by atoms with E-state index in [0.29, 0.717) is 32.0 Å². The SMILES string of the molecule is O=C(C1CCCC1)N(Cc1cnc(S(=O)(=O)Cc2ccccc2F)n1C[C@@H]1CCCO1)C[C@H]1CCCO1. The van der Waals surface area contributed by atoms with E-state index in [-0.39, 0.29) is 41.3 Å². The molecule has 8 nitrogen and oxygen atoms in total. The predicted molar refractivity (Wildman–Crippen MR) is 135 cm³/mol. The van der Waals surface area contributed by atoms with Crippen molar-refractivity contribution in [2.75, 3.05) is 19.8 Å². The molecule has 1 aromatic carbocycles. The number of hydrogen-bond acceptors (Lipinski definition) is 6. The summed E-state index contributed by atoms with van der Waals surface area (Å²) in [5.74, 6) is -0.940. The number of amides is 1. The van der Waals surface area contributed by atoms with E-state index in [2.05, 4.69) is 4.98 Å². The summed E-state index contributed by atoms with van der Waals surface area (Å²) in [5.41, 5.74) is 0.749. The van der Waals surface area contributed by atoms with Gasteiger partial charge in [0.1, 0.15) is 5.82 Å². The Morgan fingerprint density at radius 3 is 2.41 bits per heavy atom. The van der Waals surface area contributed by atoms with E-state index in [4.69, 9.17) is 9.47 Å². The molecule has 2 atom stereocenters. The van der Waals surface area contributed by atoms with Crippen molar-refractivity contribution in [3.63, 3.8) is 0 Å². The van der Waals surface area contributed by atoms with Gasteiger partial charge in [-0.2, -0.15) is 0 Å². The van der Waals surface area contributed by atoms with Crippen LogP contribution in [0.25, 0.3) is 0 Å².